The minimum atomic E-state index is -4.10. The molecule has 0 unspecified atom stereocenters. The molecule has 0 radical (unpaired) electrons. The van der Waals surface area contributed by atoms with Crippen molar-refractivity contribution in [2.24, 2.45) is 16.8 Å². The number of rotatable bonds is 5. The summed E-state index contributed by atoms with van der Waals surface area (Å²) in [5.41, 5.74) is 9.36. The van der Waals surface area contributed by atoms with Crippen LogP contribution in [0.2, 0.25) is 0 Å². The summed E-state index contributed by atoms with van der Waals surface area (Å²) in [6, 6.07) is 13.6. The van der Waals surface area contributed by atoms with Gasteiger partial charge < -0.3 is 5.73 Å². The molecule has 2 aromatic heterocycles. The number of hydrogen-bond donors (Lipinski definition) is 3. The number of aromatic nitrogens is 5. The zero-order valence-corrected chi connectivity index (χ0v) is 18.8. The molecule has 9 nitrogen and oxygen atoms in total. The molecule has 4 aromatic rings. The Kier molecular flexibility index (Phi) is 5.65. The SMILES string of the molecule is NC1CCC(Cc2ccc(-c3ccnc4ccccc34)c(-c3nn[nH]n3)c2S(N)(=O)=O)CC1. The lowest BCUT2D eigenvalue weighted by molar-refractivity contribution is 0.323. The first kappa shape index (κ1) is 21.6. The number of primary sulfonamides is 1. The maximum absolute atomic E-state index is 13.0. The number of nitrogens with zero attached hydrogens (tertiary/aromatic N) is 4. The predicted molar refractivity (Wildman–Crippen MR) is 125 cm³/mol. The van der Waals surface area contributed by atoms with Gasteiger partial charge in [0.2, 0.25) is 15.8 Å². The van der Waals surface area contributed by atoms with Gasteiger partial charge in [-0.3, -0.25) is 4.98 Å². The van der Waals surface area contributed by atoms with E-state index in [1.54, 1.807) is 6.20 Å². The number of tetrazole rings is 1. The summed E-state index contributed by atoms with van der Waals surface area (Å²) in [5, 5.41) is 21.1. The van der Waals surface area contributed by atoms with E-state index in [4.69, 9.17) is 10.9 Å². The van der Waals surface area contributed by atoms with E-state index in [2.05, 4.69) is 25.6 Å². The highest BCUT2D eigenvalue weighted by atomic mass is 32.2. The topological polar surface area (TPSA) is 154 Å². The van der Waals surface area contributed by atoms with Gasteiger partial charge in [-0.15, -0.1) is 10.2 Å². The van der Waals surface area contributed by atoms with Crippen LogP contribution in [-0.2, 0) is 16.4 Å². The fourth-order valence-electron chi connectivity index (χ4n) is 4.86. The Morgan fingerprint density at radius 3 is 2.52 bits per heavy atom. The summed E-state index contributed by atoms with van der Waals surface area (Å²) in [6.45, 7) is 0. The Bertz CT molecular complexity index is 1390. The summed E-state index contributed by atoms with van der Waals surface area (Å²) in [7, 11) is -4.10. The average molecular weight is 464 g/mol. The van der Waals surface area contributed by atoms with Gasteiger partial charge in [0, 0.05) is 17.6 Å². The number of fused-ring (bicyclic) bond motifs is 1. The van der Waals surface area contributed by atoms with Crippen LogP contribution >= 0.6 is 0 Å². The highest BCUT2D eigenvalue weighted by Crippen LogP contribution is 2.40. The van der Waals surface area contributed by atoms with Crippen LogP contribution in [0.4, 0.5) is 0 Å². The van der Waals surface area contributed by atoms with Crippen molar-refractivity contribution in [2.75, 3.05) is 0 Å². The minimum Gasteiger partial charge on any atom is -0.328 e. The number of sulfonamides is 1. The molecule has 5 rings (SSSR count). The van der Waals surface area contributed by atoms with Crippen molar-refractivity contribution >= 4 is 20.9 Å². The molecular formula is C23H25N7O2S. The first-order valence-electron chi connectivity index (χ1n) is 10.9. The highest BCUT2D eigenvalue weighted by Gasteiger charge is 2.29. The van der Waals surface area contributed by atoms with E-state index in [1.807, 2.05) is 42.5 Å². The van der Waals surface area contributed by atoms with Crippen LogP contribution in [0, 0.1) is 5.92 Å². The Morgan fingerprint density at radius 2 is 1.79 bits per heavy atom. The normalized spacial score (nSPS) is 19.1. The quantitative estimate of drug-likeness (QED) is 0.411. The highest BCUT2D eigenvalue weighted by molar-refractivity contribution is 7.89. The van der Waals surface area contributed by atoms with Crippen LogP contribution in [0.1, 0.15) is 31.2 Å². The number of nitrogens with two attached hydrogens (primary N) is 2. The molecule has 10 heteroatoms. The first-order valence-corrected chi connectivity index (χ1v) is 12.5. The van der Waals surface area contributed by atoms with E-state index in [0.717, 1.165) is 42.1 Å². The van der Waals surface area contributed by atoms with Crippen molar-refractivity contribution in [1.82, 2.24) is 25.6 Å². The van der Waals surface area contributed by atoms with Crippen LogP contribution in [0.3, 0.4) is 0 Å². The molecule has 0 saturated heterocycles. The van der Waals surface area contributed by atoms with E-state index in [9.17, 15) is 8.42 Å². The van der Waals surface area contributed by atoms with Gasteiger partial charge in [-0.05, 0) is 72.1 Å². The van der Waals surface area contributed by atoms with Crippen molar-refractivity contribution in [3.8, 4) is 22.5 Å². The van der Waals surface area contributed by atoms with E-state index in [1.165, 1.54) is 0 Å². The molecule has 5 N–H and O–H groups in total. The second-order valence-electron chi connectivity index (χ2n) is 8.62. The molecule has 2 heterocycles. The number of hydrogen-bond acceptors (Lipinski definition) is 7. The number of nitrogens with one attached hydrogen (secondary N) is 1. The van der Waals surface area contributed by atoms with Gasteiger partial charge in [-0.1, -0.05) is 30.3 Å². The molecule has 33 heavy (non-hydrogen) atoms. The Hall–Kier alpha value is -3.21. The van der Waals surface area contributed by atoms with Crippen molar-refractivity contribution < 1.29 is 8.42 Å². The van der Waals surface area contributed by atoms with E-state index < -0.39 is 10.0 Å². The number of aromatic amines is 1. The van der Waals surface area contributed by atoms with E-state index in [0.29, 0.717) is 29.0 Å². The van der Waals surface area contributed by atoms with Crippen molar-refractivity contribution in [2.45, 2.75) is 43.0 Å². The fraction of sp³-hybridized carbons (Fsp3) is 0.304. The second-order valence-corrected chi connectivity index (χ2v) is 10.1. The lowest BCUT2D eigenvalue weighted by Crippen LogP contribution is -2.27. The molecule has 1 aliphatic carbocycles. The summed E-state index contributed by atoms with van der Waals surface area (Å²) < 4.78 is 25.9. The van der Waals surface area contributed by atoms with Crippen LogP contribution in [0.5, 0.6) is 0 Å². The van der Waals surface area contributed by atoms with Gasteiger partial charge in [-0.25, -0.2) is 13.6 Å². The molecule has 0 atom stereocenters. The molecule has 0 spiro atoms. The second kappa shape index (κ2) is 8.62. The van der Waals surface area contributed by atoms with Gasteiger partial charge in [0.15, 0.2) is 0 Å². The minimum absolute atomic E-state index is 0.0529. The predicted octanol–water partition coefficient (Wildman–Crippen LogP) is 2.79. The third-order valence-electron chi connectivity index (χ3n) is 6.43. The van der Waals surface area contributed by atoms with Gasteiger partial charge in [-0.2, -0.15) is 5.21 Å². The van der Waals surface area contributed by atoms with E-state index >= 15 is 0 Å². The molecule has 2 aromatic carbocycles. The van der Waals surface area contributed by atoms with Gasteiger partial charge in [0.1, 0.15) is 0 Å². The number of benzene rings is 2. The van der Waals surface area contributed by atoms with Crippen LogP contribution < -0.4 is 10.9 Å². The fourth-order valence-corrected chi connectivity index (χ4v) is 5.86. The Morgan fingerprint density at radius 1 is 1.00 bits per heavy atom. The first-order chi connectivity index (χ1) is 15.9. The monoisotopic (exact) mass is 463 g/mol. The maximum Gasteiger partial charge on any atom is 0.239 e. The maximum atomic E-state index is 13.0. The van der Waals surface area contributed by atoms with Crippen molar-refractivity contribution in [3.05, 3.63) is 54.2 Å². The summed E-state index contributed by atoms with van der Waals surface area (Å²) in [6.07, 6.45) is 6.09. The third-order valence-corrected chi connectivity index (χ3v) is 7.47. The molecule has 1 saturated carbocycles. The molecule has 0 amide bonds. The largest absolute Gasteiger partial charge is 0.328 e. The third kappa shape index (κ3) is 4.24. The van der Waals surface area contributed by atoms with Crippen LogP contribution in [0.15, 0.2) is 53.6 Å². The van der Waals surface area contributed by atoms with Crippen molar-refractivity contribution in [1.29, 1.82) is 0 Å². The summed E-state index contributed by atoms with van der Waals surface area (Å²) >= 11 is 0. The number of pyridine rings is 1. The molecule has 1 aliphatic rings. The zero-order chi connectivity index (χ0) is 23.0. The Labute approximate surface area is 191 Å². The Balaban J connectivity index is 1.74. The van der Waals surface area contributed by atoms with Crippen LogP contribution in [0.25, 0.3) is 33.4 Å². The number of para-hydroxylation sites is 1. The number of H-pyrrole nitrogens is 1. The van der Waals surface area contributed by atoms with E-state index in [-0.39, 0.29) is 16.8 Å². The lowest BCUT2D eigenvalue weighted by Gasteiger charge is -2.27. The summed E-state index contributed by atoms with van der Waals surface area (Å²) in [5.74, 6) is 0.526. The smallest absolute Gasteiger partial charge is 0.239 e. The van der Waals surface area contributed by atoms with Gasteiger partial charge >= 0.3 is 0 Å². The molecule has 0 bridgehead atoms. The van der Waals surface area contributed by atoms with Crippen LogP contribution in [-0.4, -0.2) is 40.1 Å². The molecule has 0 aliphatic heterocycles. The summed E-state index contributed by atoms with van der Waals surface area (Å²) in [4.78, 5) is 4.48. The lowest BCUT2D eigenvalue weighted by atomic mass is 9.82. The van der Waals surface area contributed by atoms with Gasteiger partial charge in [0.25, 0.3) is 0 Å². The molecular weight excluding hydrogens is 438 g/mol. The zero-order valence-electron chi connectivity index (χ0n) is 18.0. The standard InChI is InChI=1S/C23H25N7O2S/c24-16-8-5-14(6-9-16)13-15-7-10-19(17-11-12-26-20-4-2-1-3-18(17)20)21(22(15)33(25,31)32)23-27-29-30-28-23/h1-4,7,10-12,14,16H,5-6,8-9,13,24H2,(H2,25,31,32)(H,27,28,29,30). The molecule has 170 valence electrons. The van der Waals surface area contributed by atoms with Crippen molar-refractivity contribution in [3.63, 3.8) is 0 Å². The van der Waals surface area contributed by atoms with Gasteiger partial charge in [0.05, 0.1) is 16.0 Å². The molecule has 1 fully saturated rings. The average Bonchev–Trinajstić information content (AvgIpc) is 3.34.